The van der Waals surface area contributed by atoms with Crippen molar-refractivity contribution >= 4 is 53.3 Å². The number of halogens is 3. The molecule has 6 atom stereocenters. The van der Waals surface area contributed by atoms with Gasteiger partial charge in [-0.2, -0.15) is 0 Å². The Hall–Kier alpha value is -6.64. The van der Waals surface area contributed by atoms with Crippen molar-refractivity contribution in [2.45, 2.75) is 76.7 Å². The zero-order valence-electron chi connectivity index (χ0n) is 31.9. The molecule has 59 heavy (non-hydrogen) atoms. The van der Waals surface area contributed by atoms with Crippen LogP contribution in [0.1, 0.15) is 55.3 Å². The number of hydrogen-bond donors (Lipinski definition) is 2. The Bertz CT molecular complexity index is 2100. The Labute approximate surface area is 334 Å². The zero-order chi connectivity index (χ0) is 42.5. The van der Waals surface area contributed by atoms with Crippen molar-refractivity contribution in [2.75, 3.05) is 19.0 Å². The topological polar surface area (TPSA) is 221 Å². The summed E-state index contributed by atoms with van der Waals surface area (Å²) < 4.78 is 71.0. The summed E-state index contributed by atoms with van der Waals surface area (Å²) in [6.07, 6.45) is -8.39. The van der Waals surface area contributed by atoms with Crippen molar-refractivity contribution in [3.63, 3.8) is 0 Å². The second-order valence-corrected chi connectivity index (χ2v) is 13.1. The minimum atomic E-state index is -5.05. The number of ether oxygens (including phenoxy) is 6. The van der Waals surface area contributed by atoms with Gasteiger partial charge in [0.1, 0.15) is 19.0 Å². The smallest absolute Gasteiger partial charge is 0.467 e. The normalized spacial score (nSPS) is 18.7. The number of anilines is 1. The minimum absolute atomic E-state index is 0.00332. The lowest BCUT2D eigenvalue weighted by Crippen LogP contribution is -2.40. The van der Waals surface area contributed by atoms with E-state index in [1.54, 1.807) is 60.7 Å². The summed E-state index contributed by atoms with van der Waals surface area (Å²) in [7, 11) is 1.04. The number of aromatic nitrogens is 4. The summed E-state index contributed by atoms with van der Waals surface area (Å²) in [5, 5.41) is 5.35. The number of fused-ring (bicyclic) bond motifs is 1. The lowest BCUT2D eigenvalue weighted by molar-refractivity contribution is -0.280. The number of imidazole rings is 1. The summed E-state index contributed by atoms with van der Waals surface area (Å²) in [5.74, 6) is -3.55. The quantitative estimate of drug-likeness (QED) is 0.0640. The Balaban J connectivity index is 1.42. The van der Waals surface area contributed by atoms with Gasteiger partial charge in [-0.15, -0.1) is 13.2 Å². The largest absolute Gasteiger partial charge is 0.573 e. The Kier molecular flexibility index (Phi) is 14.9. The van der Waals surface area contributed by atoms with Gasteiger partial charge in [0, 0.05) is 26.0 Å². The average Bonchev–Trinajstić information content (AvgIpc) is 3.77. The highest BCUT2D eigenvalue weighted by Crippen LogP contribution is 2.39. The maximum atomic E-state index is 13.0. The highest BCUT2D eigenvalue weighted by Gasteiger charge is 2.51. The SMILES string of the molecule is COC(=O)[C@H](CC[C@H](CNC(=O)OCc1ccccc1)C[C@H]1O[C@@H](n2cnc3c(NC(=O)c4ccccc4)ncnc32)C(OC(C)=O)C1OC(C)=O)N=COC(F)(F)F. The molecule has 1 aliphatic heterocycles. The van der Waals surface area contributed by atoms with E-state index in [1.807, 2.05) is 0 Å². The van der Waals surface area contributed by atoms with E-state index in [9.17, 15) is 37.1 Å². The molecular formula is C38H40F3N7O11. The van der Waals surface area contributed by atoms with Crippen LogP contribution in [0.4, 0.5) is 23.8 Å². The highest BCUT2D eigenvalue weighted by molar-refractivity contribution is 6.06. The molecular weight excluding hydrogens is 787 g/mol. The molecule has 0 aliphatic carbocycles. The van der Waals surface area contributed by atoms with Crippen LogP contribution in [0.25, 0.3) is 11.2 Å². The van der Waals surface area contributed by atoms with Gasteiger partial charge < -0.3 is 39.1 Å². The molecule has 1 saturated heterocycles. The first kappa shape index (κ1) is 43.5. The van der Waals surface area contributed by atoms with Crippen LogP contribution < -0.4 is 10.6 Å². The third-order valence-electron chi connectivity index (χ3n) is 8.85. The number of aliphatic imine (C=N–C) groups is 1. The van der Waals surface area contributed by atoms with Gasteiger partial charge in [0.25, 0.3) is 5.91 Å². The number of esters is 3. The summed E-state index contributed by atoms with van der Waals surface area (Å²) in [6, 6.07) is 15.8. The molecule has 5 rings (SSSR count). The predicted molar refractivity (Wildman–Crippen MR) is 198 cm³/mol. The molecule has 2 amide bonds. The standard InChI is InChI=1S/C38H40F3N7O11/c1-22(49)57-30-28(16-25(17-42-37(53)55-18-24-10-6-4-7-11-24)14-15-27(36(52)54-3)46-21-56-38(39,40)41)59-35(31(30)58-23(2)50)48-20-45-29-32(43-19-44-33(29)48)47-34(51)26-12-8-5-9-13-26/h4-13,19-21,25,27-28,30-31,35H,14-18H2,1-3H3,(H,42,53)(H,43,44,47,51)/t25-,27-,28+,30?,31?,35+/m0/s1. The average molecular weight is 828 g/mol. The number of amides is 2. The second kappa shape index (κ2) is 20.2. The van der Waals surface area contributed by atoms with E-state index in [1.165, 1.54) is 17.2 Å². The summed E-state index contributed by atoms with van der Waals surface area (Å²) in [4.78, 5) is 79.8. The van der Waals surface area contributed by atoms with Crippen LogP contribution in [0.15, 0.2) is 78.3 Å². The number of alkyl carbamates (subject to hydrolysis) is 1. The summed E-state index contributed by atoms with van der Waals surface area (Å²) in [5.41, 5.74) is 1.36. The first-order chi connectivity index (χ1) is 28.2. The molecule has 21 heteroatoms. The van der Waals surface area contributed by atoms with Crippen molar-refractivity contribution < 1.29 is 65.6 Å². The van der Waals surface area contributed by atoms with E-state index in [-0.39, 0.29) is 55.8 Å². The van der Waals surface area contributed by atoms with E-state index < -0.39 is 72.8 Å². The number of alkyl halides is 3. The van der Waals surface area contributed by atoms with E-state index in [4.69, 9.17) is 23.7 Å². The fraction of sp³-hybridized carbons (Fsp3) is 0.395. The van der Waals surface area contributed by atoms with E-state index >= 15 is 0 Å². The van der Waals surface area contributed by atoms with Gasteiger partial charge in [-0.05, 0) is 42.9 Å². The van der Waals surface area contributed by atoms with Crippen LogP contribution >= 0.6 is 0 Å². The third kappa shape index (κ3) is 12.4. The molecule has 0 radical (unpaired) electrons. The van der Waals surface area contributed by atoms with Crippen LogP contribution in [0.3, 0.4) is 0 Å². The van der Waals surface area contributed by atoms with E-state index in [2.05, 4.69) is 35.3 Å². The molecule has 1 aliphatic rings. The molecule has 0 bridgehead atoms. The molecule has 0 spiro atoms. The van der Waals surface area contributed by atoms with Gasteiger partial charge in [0.2, 0.25) is 0 Å². The molecule has 18 nitrogen and oxygen atoms in total. The monoisotopic (exact) mass is 827 g/mol. The van der Waals surface area contributed by atoms with Crippen LogP contribution in [0.2, 0.25) is 0 Å². The fourth-order valence-corrected chi connectivity index (χ4v) is 6.25. The number of benzene rings is 2. The van der Waals surface area contributed by atoms with Crippen molar-refractivity contribution in [1.82, 2.24) is 24.8 Å². The third-order valence-corrected chi connectivity index (χ3v) is 8.85. The van der Waals surface area contributed by atoms with Gasteiger partial charge in [-0.25, -0.2) is 29.5 Å². The summed E-state index contributed by atoms with van der Waals surface area (Å²) in [6.45, 7) is 2.10. The number of methoxy groups -OCH3 is 1. The summed E-state index contributed by atoms with van der Waals surface area (Å²) >= 11 is 0. The number of nitrogens with one attached hydrogen (secondary N) is 2. The number of carbonyl (C=O) groups is 5. The molecule has 314 valence electrons. The van der Waals surface area contributed by atoms with E-state index in [0.29, 0.717) is 11.1 Å². The maximum Gasteiger partial charge on any atom is 0.573 e. The molecule has 1 fully saturated rings. The molecule has 2 N–H and O–H groups in total. The first-order valence-electron chi connectivity index (χ1n) is 18.0. The van der Waals surface area contributed by atoms with Gasteiger partial charge in [0.05, 0.1) is 13.4 Å². The lowest BCUT2D eigenvalue weighted by atomic mass is 9.91. The Morgan fingerprint density at radius 3 is 2.27 bits per heavy atom. The van der Waals surface area contributed by atoms with Gasteiger partial charge >= 0.3 is 30.4 Å². The number of nitrogens with zero attached hydrogens (tertiary/aromatic N) is 5. The van der Waals surface area contributed by atoms with Gasteiger partial charge in [-0.1, -0.05) is 48.5 Å². The maximum absolute atomic E-state index is 13.0. The van der Waals surface area contributed by atoms with Crippen molar-refractivity contribution in [1.29, 1.82) is 0 Å². The molecule has 4 aromatic rings. The first-order valence-corrected chi connectivity index (χ1v) is 18.0. The zero-order valence-corrected chi connectivity index (χ0v) is 31.9. The fourth-order valence-electron chi connectivity index (χ4n) is 6.25. The molecule has 2 aromatic carbocycles. The molecule has 3 heterocycles. The lowest BCUT2D eigenvalue weighted by Gasteiger charge is -2.26. The predicted octanol–water partition coefficient (Wildman–Crippen LogP) is 4.66. The van der Waals surface area contributed by atoms with Crippen LogP contribution in [0, 0.1) is 5.92 Å². The minimum Gasteiger partial charge on any atom is -0.467 e. The molecule has 0 saturated carbocycles. The van der Waals surface area contributed by atoms with E-state index in [0.717, 1.165) is 21.0 Å². The Morgan fingerprint density at radius 2 is 1.61 bits per heavy atom. The second-order valence-electron chi connectivity index (χ2n) is 13.1. The van der Waals surface area contributed by atoms with Gasteiger partial charge in [-0.3, -0.25) is 19.0 Å². The van der Waals surface area contributed by atoms with Crippen LogP contribution in [0.5, 0.6) is 0 Å². The number of carbonyl (C=O) groups excluding carboxylic acids is 5. The Morgan fingerprint density at radius 1 is 0.932 bits per heavy atom. The molecule has 2 aromatic heterocycles. The highest BCUT2D eigenvalue weighted by atomic mass is 19.4. The molecule has 2 unspecified atom stereocenters. The van der Waals surface area contributed by atoms with Crippen molar-refractivity contribution in [3.05, 3.63) is 84.4 Å². The van der Waals surface area contributed by atoms with Crippen LogP contribution in [-0.2, 0) is 49.4 Å². The number of hydrogen-bond acceptors (Lipinski definition) is 15. The van der Waals surface area contributed by atoms with Crippen molar-refractivity contribution in [3.8, 4) is 0 Å². The van der Waals surface area contributed by atoms with Gasteiger partial charge in [0.15, 0.2) is 47.9 Å². The van der Waals surface area contributed by atoms with Crippen LogP contribution in [-0.4, -0.2) is 100 Å². The van der Waals surface area contributed by atoms with Crippen molar-refractivity contribution in [2.24, 2.45) is 10.9 Å². The number of rotatable bonds is 17.